The monoisotopic (exact) mass is 623 g/mol. The van der Waals surface area contributed by atoms with Crippen LogP contribution in [0.5, 0.6) is 5.75 Å². The molecule has 0 bridgehead atoms. The topological polar surface area (TPSA) is 33.0 Å². The minimum absolute atomic E-state index is 0.425. The van der Waals surface area contributed by atoms with Gasteiger partial charge in [0.05, 0.1) is 16.1 Å². The molecule has 6 heteroatoms. The van der Waals surface area contributed by atoms with Crippen LogP contribution in [0.2, 0.25) is 0 Å². The summed E-state index contributed by atoms with van der Waals surface area (Å²) in [7, 11) is 0. The standard InChI is InChI=1S/C22H13Br4NO/c23-18-5-1-14(2-6-18)13-28-22-16(10-20(25)11-21(22)26)9-17(12-27)15-3-7-19(24)8-4-15/h1-11H,13H2/b17-9+. The first-order valence-electron chi connectivity index (χ1n) is 8.20. The third-order valence-corrected chi connectivity index (χ3v) is 6.01. The molecule has 0 aliphatic heterocycles. The van der Waals surface area contributed by atoms with E-state index in [0.29, 0.717) is 17.9 Å². The zero-order valence-electron chi connectivity index (χ0n) is 14.4. The number of benzene rings is 3. The SMILES string of the molecule is N#C/C(=C\c1cc(Br)cc(Br)c1OCc1ccc(Br)cc1)c1ccc(Br)cc1. The minimum atomic E-state index is 0.425. The molecule has 0 saturated heterocycles. The van der Waals surface area contributed by atoms with Gasteiger partial charge in [-0.15, -0.1) is 0 Å². The molecule has 0 heterocycles. The Bertz CT molecular complexity index is 1050. The highest BCUT2D eigenvalue weighted by Crippen LogP contribution is 2.36. The fraction of sp³-hybridized carbons (Fsp3) is 0.0455. The first-order chi connectivity index (χ1) is 13.5. The number of hydrogen-bond acceptors (Lipinski definition) is 2. The van der Waals surface area contributed by atoms with E-state index < -0.39 is 0 Å². The average Bonchev–Trinajstić information content (AvgIpc) is 2.67. The van der Waals surface area contributed by atoms with Crippen molar-refractivity contribution in [2.24, 2.45) is 0 Å². The summed E-state index contributed by atoms with van der Waals surface area (Å²) in [5.74, 6) is 0.691. The van der Waals surface area contributed by atoms with Gasteiger partial charge in [0.2, 0.25) is 0 Å². The second-order valence-corrected chi connectivity index (χ2v) is 9.50. The predicted molar refractivity (Wildman–Crippen MR) is 128 cm³/mol. The number of rotatable bonds is 5. The van der Waals surface area contributed by atoms with E-state index in [1.807, 2.05) is 66.7 Å². The lowest BCUT2D eigenvalue weighted by Crippen LogP contribution is -1.98. The Balaban J connectivity index is 1.96. The number of hydrogen-bond donors (Lipinski definition) is 0. The van der Waals surface area contributed by atoms with Crippen LogP contribution in [-0.2, 0) is 6.61 Å². The Labute approximate surface area is 197 Å². The molecular weight excluding hydrogens is 614 g/mol. The van der Waals surface area contributed by atoms with Crippen molar-refractivity contribution >= 4 is 75.4 Å². The maximum Gasteiger partial charge on any atom is 0.141 e. The van der Waals surface area contributed by atoms with Gasteiger partial charge in [-0.25, -0.2) is 0 Å². The van der Waals surface area contributed by atoms with Crippen LogP contribution in [0.15, 0.2) is 78.6 Å². The first-order valence-corrected chi connectivity index (χ1v) is 11.4. The lowest BCUT2D eigenvalue weighted by molar-refractivity contribution is 0.303. The predicted octanol–water partition coefficient (Wildman–Crippen LogP) is 8.38. The van der Waals surface area contributed by atoms with Crippen molar-refractivity contribution in [3.63, 3.8) is 0 Å². The molecule has 0 fully saturated rings. The molecule has 0 N–H and O–H groups in total. The van der Waals surface area contributed by atoms with E-state index in [9.17, 15) is 5.26 Å². The van der Waals surface area contributed by atoms with E-state index in [1.165, 1.54) is 0 Å². The van der Waals surface area contributed by atoms with E-state index in [2.05, 4.69) is 69.8 Å². The van der Waals surface area contributed by atoms with Crippen LogP contribution in [0.3, 0.4) is 0 Å². The van der Waals surface area contributed by atoms with Crippen LogP contribution >= 0.6 is 63.7 Å². The zero-order chi connectivity index (χ0) is 20.1. The molecule has 3 aromatic carbocycles. The molecule has 0 unspecified atom stereocenters. The van der Waals surface area contributed by atoms with Crippen molar-refractivity contribution in [3.05, 3.63) is 95.2 Å². The van der Waals surface area contributed by atoms with Gasteiger partial charge in [-0.3, -0.25) is 0 Å². The van der Waals surface area contributed by atoms with Crippen molar-refractivity contribution in [1.29, 1.82) is 5.26 Å². The Morgan fingerprint density at radius 3 is 2.07 bits per heavy atom. The van der Waals surface area contributed by atoms with Gasteiger partial charge < -0.3 is 4.74 Å². The second-order valence-electron chi connectivity index (χ2n) is 5.90. The molecule has 0 atom stereocenters. The third kappa shape index (κ3) is 5.57. The number of allylic oxidation sites excluding steroid dienone is 1. The molecule has 0 amide bonds. The number of nitriles is 1. The molecule has 3 rings (SSSR count). The Morgan fingerprint density at radius 2 is 1.46 bits per heavy atom. The van der Waals surface area contributed by atoms with E-state index in [4.69, 9.17) is 4.74 Å². The average molecular weight is 627 g/mol. The van der Waals surface area contributed by atoms with Crippen LogP contribution < -0.4 is 4.74 Å². The summed E-state index contributed by atoms with van der Waals surface area (Å²) in [5.41, 5.74) is 3.28. The Hall–Kier alpha value is -1.39. The normalized spacial score (nSPS) is 11.2. The molecule has 140 valence electrons. The summed E-state index contributed by atoms with van der Waals surface area (Å²) in [6.07, 6.45) is 1.84. The molecule has 2 nitrogen and oxygen atoms in total. The van der Waals surface area contributed by atoms with Gasteiger partial charge in [-0.1, -0.05) is 72.1 Å². The van der Waals surface area contributed by atoms with Crippen LogP contribution in [0.1, 0.15) is 16.7 Å². The van der Waals surface area contributed by atoms with Gasteiger partial charge in [0, 0.05) is 19.0 Å². The van der Waals surface area contributed by atoms with Crippen molar-refractivity contribution in [1.82, 2.24) is 0 Å². The van der Waals surface area contributed by atoms with Crippen LogP contribution in [0.25, 0.3) is 11.6 Å². The summed E-state index contributed by atoms with van der Waals surface area (Å²) < 4.78 is 9.82. The fourth-order valence-electron chi connectivity index (χ4n) is 2.54. The van der Waals surface area contributed by atoms with Crippen LogP contribution in [-0.4, -0.2) is 0 Å². The highest BCUT2D eigenvalue weighted by Gasteiger charge is 2.11. The van der Waals surface area contributed by atoms with Gasteiger partial charge in [0.1, 0.15) is 12.4 Å². The summed E-state index contributed by atoms with van der Waals surface area (Å²) >= 11 is 14.0. The first kappa shape index (κ1) is 21.3. The second kappa shape index (κ2) is 9.89. The van der Waals surface area contributed by atoms with Gasteiger partial charge >= 0.3 is 0 Å². The lowest BCUT2D eigenvalue weighted by atomic mass is 10.0. The number of halogens is 4. The zero-order valence-corrected chi connectivity index (χ0v) is 20.8. The highest BCUT2D eigenvalue weighted by atomic mass is 79.9. The molecule has 0 aromatic heterocycles. The van der Waals surface area contributed by atoms with E-state index in [1.54, 1.807) is 0 Å². The summed E-state index contributed by atoms with van der Waals surface area (Å²) in [6, 6.07) is 21.8. The van der Waals surface area contributed by atoms with Crippen LogP contribution in [0.4, 0.5) is 0 Å². The fourth-order valence-corrected chi connectivity index (χ4v) is 4.44. The molecular formula is C22H13Br4NO. The van der Waals surface area contributed by atoms with Crippen LogP contribution in [0, 0.1) is 11.3 Å². The Morgan fingerprint density at radius 1 is 0.857 bits per heavy atom. The summed E-state index contributed by atoms with van der Waals surface area (Å²) in [4.78, 5) is 0. The van der Waals surface area contributed by atoms with Crippen molar-refractivity contribution in [3.8, 4) is 11.8 Å². The lowest BCUT2D eigenvalue weighted by Gasteiger charge is -2.13. The van der Waals surface area contributed by atoms with Gasteiger partial charge in [-0.2, -0.15) is 5.26 Å². The number of ether oxygens (including phenoxy) is 1. The molecule has 0 saturated carbocycles. The molecule has 3 aromatic rings. The van der Waals surface area contributed by atoms with Crippen molar-refractivity contribution in [2.45, 2.75) is 6.61 Å². The Kier molecular flexibility index (Phi) is 7.53. The smallest absolute Gasteiger partial charge is 0.141 e. The maximum absolute atomic E-state index is 9.67. The van der Waals surface area contributed by atoms with Gasteiger partial charge in [-0.05, 0) is 69.5 Å². The highest BCUT2D eigenvalue weighted by molar-refractivity contribution is 9.11. The maximum atomic E-state index is 9.67. The van der Waals surface area contributed by atoms with Gasteiger partial charge in [0.25, 0.3) is 0 Å². The third-order valence-electron chi connectivity index (χ3n) is 3.91. The van der Waals surface area contributed by atoms with E-state index >= 15 is 0 Å². The summed E-state index contributed by atoms with van der Waals surface area (Å²) in [5, 5.41) is 9.67. The number of nitrogens with zero attached hydrogens (tertiary/aromatic N) is 1. The molecule has 0 aliphatic carbocycles. The van der Waals surface area contributed by atoms with Crippen molar-refractivity contribution < 1.29 is 4.74 Å². The molecule has 0 aliphatic rings. The van der Waals surface area contributed by atoms with Gasteiger partial charge in [0.15, 0.2) is 0 Å². The molecule has 0 radical (unpaired) electrons. The van der Waals surface area contributed by atoms with E-state index in [-0.39, 0.29) is 0 Å². The van der Waals surface area contributed by atoms with Crippen molar-refractivity contribution in [2.75, 3.05) is 0 Å². The quantitative estimate of drug-likeness (QED) is 0.211. The molecule has 0 spiro atoms. The van der Waals surface area contributed by atoms with E-state index in [0.717, 1.165) is 34.6 Å². The largest absolute Gasteiger partial charge is 0.487 e. The summed E-state index contributed by atoms with van der Waals surface area (Å²) in [6.45, 7) is 0.425. The molecule has 28 heavy (non-hydrogen) atoms. The minimum Gasteiger partial charge on any atom is -0.487 e.